The first-order valence-corrected chi connectivity index (χ1v) is 7.65. The molecule has 126 valence electrons. The topological polar surface area (TPSA) is 88.3 Å². The predicted octanol–water partition coefficient (Wildman–Crippen LogP) is 2.04. The third kappa shape index (κ3) is 4.81. The van der Waals surface area contributed by atoms with E-state index in [1.807, 2.05) is 31.2 Å². The fraction of sp³-hybridized carbons (Fsp3) is 0.278. The van der Waals surface area contributed by atoms with Gasteiger partial charge in [0, 0.05) is 18.3 Å². The van der Waals surface area contributed by atoms with Crippen LogP contribution < -0.4 is 5.32 Å². The van der Waals surface area contributed by atoms with Crippen molar-refractivity contribution in [3.63, 3.8) is 0 Å². The van der Waals surface area contributed by atoms with Gasteiger partial charge in [-0.3, -0.25) is 9.59 Å². The molecule has 0 bridgehead atoms. The molecule has 6 heteroatoms. The molecule has 6 nitrogen and oxygen atoms in total. The van der Waals surface area contributed by atoms with Crippen molar-refractivity contribution in [1.82, 2.24) is 10.3 Å². The second-order valence-electron chi connectivity index (χ2n) is 5.46. The Hall–Kier alpha value is -2.89. The molecule has 0 unspecified atom stereocenters. The van der Waals surface area contributed by atoms with Gasteiger partial charge in [0.05, 0.1) is 0 Å². The fourth-order valence-corrected chi connectivity index (χ4v) is 2.20. The molecule has 0 aliphatic rings. The highest BCUT2D eigenvalue weighted by Gasteiger charge is 2.13. The molecular formula is C18H20N2O4. The summed E-state index contributed by atoms with van der Waals surface area (Å²) < 4.78 is 4.92. The first-order valence-electron chi connectivity index (χ1n) is 7.65. The number of Topliss-reactive ketones (excluding diaryl/α,β-unsaturated/α-hetero) is 1. The van der Waals surface area contributed by atoms with Gasteiger partial charge in [-0.2, -0.15) is 0 Å². The highest BCUT2D eigenvalue weighted by molar-refractivity contribution is 5.97. The molecule has 0 saturated carbocycles. The highest BCUT2D eigenvalue weighted by atomic mass is 16.5. The molecule has 0 atom stereocenters. The first kappa shape index (κ1) is 17.5. The molecule has 0 fully saturated rings. The summed E-state index contributed by atoms with van der Waals surface area (Å²) in [4.78, 5) is 37.3. The number of carbonyl (C=O) groups is 3. The Balaban J connectivity index is 1.73. The van der Waals surface area contributed by atoms with Gasteiger partial charge < -0.3 is 15.0 Å². The van der Waals surface area contributed by atoms with Crippen molar-refractivity contribution in [1.29, 1.82) is 0 Å². The van der Waals surface area contributed by atoms with E-state index in [-0.39, 0.29) is 24.0 Å². The van der Waals surface area contributed by atoms with Crippen LogP contribution in [0.5, 0.6) is 0 Å². The monoisotopic (exact) mass is 328 g/mol. The van der Waals surface area contributed by atoms with Crippen LogP contribution >= 0.6 is 0 Å². The summed E-state index contributed by atoms with van der Waals surface area (Å²) in [5.41, 5.74) is 2.88. The lowest BCUT2D eigenvalue weighted by molar-refractivity contribution is -0.124. The number of H-pyrrole nitrogens is 1. The summed E-state index contributed by atoms with van der Waals surface area (Å²) >= 11 is 0. The van der Waals surface area contributed by atoms with Crippen molar-refractivity contribution in [2.75, 3.05) is 13.2 Å². The van der Waals surface area contributed by atoms with Gasteiger partial charge in [0.2, 0.25) is 0 Å². The lowest BCUT2D eigenvalue weighted by Gasteiger charge is -2.08. The van der Waals surface area contributed by atoms with Gasteiger partial charge in [0.15, 0.2) is 12.4 Å². The minimum atomic E-state index is -0.670. The minimum Gasteiger partial charge on any atom is -0.451 e. The number of amides is 1. The van der Waals surface area contributed by atoms with E-state index in [1.54, 1.807) is 0 Å². The van der Waals surface area contributed by atoms with Crippen LogP contribution in [0.3, 0.4) is 0 Å². The Bertz CT molecular complexity index is 749. The normalized spacial score (nSPS) is 10.2. The van der Waals surface area contributed by atoms with Crippen LogP contribution in [0, 0.1) is 6.92 Å². The third-order valence-electron chi connectivity index (χ3n) is 3.62. The Morgan fingerprint density at radius 1 is 1.21 bits per heavy atom. The lowest BCUT2D eigenvalue weighted by atomic mass is 10.1. The van der Waals surface area contributed by atoms with E-state index in [1.165, 1.54) is 24.8 Å². The highest BCUT2D eigenvalue weighted by Crippen LogP contribution is 2.07. The average Bonchev–Trinajstić information content (AvgIpc) is 3.05. The number of nitrogens with one attached hydrogen (secondary N) is 2. The molecular weight excluding hydrogens is 308 g/mol. The number of ether oxygens (including phenoxy) is 1. The second-order valence-corrected chi connectivity index (χ2v) is 5.46. The third-order valence-corrected chi connectivity index (χ3v) is 3.62. The molecule has 1 aromatic heterocycles. The maximum atomic E-state index is 11.8. The van der Waals surface area contributed by atoms with Gasteiger partial charge >= 0.3 is 5.97 Å². The van der Waals surface area contributed by atoms with Crippen LogP contribution in [0.15, 0.2) is 36.5 Å². The first-order chi connectivity index (χ1) is 11.5. The lowest BCUT2D eigenvalue weighted by Crippen LogP contribution is -2.30. The van der Waals surface area contributed by atoms with Crippen molar-refractivity contribution < 1.29 is 19.1 Å². The SMILES string of the molecule is CC(=O)c1c[nH]c(C(=O)OCC(=O)NCCc2ccccc2C)c1. The molecule has 0 aliphatic heterocycles. The van der Waals surface area contributed by atoms with Crippen molar-refractivity contribution in [3.05, 3.63) is 58.9 Å². The number of benzene rings is 1. The molecule has 1 aromatic carbocycles. The molecule has 2 aromatic rings. The Labute approximate surface area is 140 Å². The molecule has 0 radical (unpaired) electrons. The molecule has 2 rings (SSSR count). The Morgan fingerprint density at radius 2 is 1.96 bits per heavy atom. The van der Waals surface area contributed by atoms with E-state index >= 15 is 0 Å². The zero-order chi connectivity index (χ0) is 17.5. The largest absolute Gasteiger partial charge is 0.451 e. The molecule has 1 amide bonds. The molecule has 0 aliphatic carbocycles. The number of aromatic amines is 1. The van der Waals surface area contributed by atoms with Gasteiger partial charge in [-0.1, -0.05) is 24.3 Å². The summed E-state index contributed by atoms with van der Waals surface area (Å²) in [6.07, 6.45) is 2.14. The van der Waals surface area contributed by atoms with Crippen LogP contribution in [0.25, 0.3) is 0 Å². The van der Waals surface area contributed by atoms with Gasteiger partial charge in [0.1, 0.15) is 5.69 Å². The average molecular weight is 328 g/mol. The summed E-state index contributed by atoms with van der Waals surface area (Å²) in [6.45, 7) is 3.53. The second kappa shape index (κ2) is 8.10. The maximum Gasteiger partial charge on any atom is 0.355 e. The van der Waals surface area contributed by atoms with Gasteiger partial charge in [0.25, 0.3) is 5.91 Å². The number of aryl methyl sites for hydroxylation is 1. The standard InChI is InChI=1S/C18H20N2O4/c1-12-5-3-4-6-14(12)7-8-19-17(22)11-24-18(23)16-9-15(10-20-16)13(2)21/h3-6,9-10,20H,7-8,11H2,1-2H3,(H,19,22). The van der Waals surface area contributed by atoms with E-state index in [0.29, 0.717) is 18.5 Å². The minimum absolute atomic E-state index is 0.146. The number of ketones is 1. The van der Waals surface area contributed by atoms with E-state index in [4.69, 9.17) is 4.74 Å². The van der Waals surface area contributed by atoms with Crippen molar-refractivity contribution >= 4 is 17.7 Å². The molecule has 24 heavy (non-hydrogen) atoms. The quantitative estimate of drug-likeness (QED) is 0.601. The van der Waals surface area contributed by atoms with E-state index in [9.17, 15) is 14.4 Å². The number of esters is 1. The van der Waals surface area contributed by atoms with Gasteiger partial charge in [-0.25, -0.2) is 4.79 Å². The summed E-state index contributed by atoms with van der Waals surface area (Å²) in [5.74, 6) is -1.19. The smallest absolute Gasteiger partial charge is 0.355 e. The molecule has 1 heterocycles. The van der Waals surface area contributed by atoms with Gasteiger partial charge in [-0.15, -0.1) is 0 Å². The number of carbonyl (C=O) groups excluding carboxylic acids is 3. The van der Waals surface area contributed by atoms with E-state index < -0.39 is 5.97 Å². The number of aromatic nitrogens is 1. The Morgan fingerprint density at radius 3 is 2.62 bits per heavy atom. The van der Waals surface area contributed by atoms with Crippen LogP contribution in [0.4, 0.5) is 0 Å². The fourth-order valence-electron chi connectivity index (χ4n) is 2.20. The zero-order valence-corrected chi connectivity index (χ0v) is 13.7. The predicted molar refractivity (Wildman–Crippen MR) is 89.0 cm³/mol. The van der Waals surface area contributed by atoms with Crippen LogP contribution in [0.2, 0.25) is 0 Å². The summed E-state index contributed by atoms with van der Waals surface area (Å²) in [6, 6.07) is 9.36. The maximum absolute atomic E-state index is 11.8. The number of hydrogen-bond acceptors (Lipinski definition) is 4. The van der Waals surface area contributed by atoms with Crippen LogP contribution in [0.1, 0.15) is 38.9 Å². The van der Waals surface area contributed by atoms with Gasteiger partial charge in [-0.05, 0) is 37.5 Å². The molecule has 0 spiro atoms. The molecule has 2 N–H and O–H groups in total. The van der Waals surface area contributed by atoms with E-state index in [0.717, 1.165) is 5.56 Å². The number of hydrogen-bond donors (Lipinski definition) is 2. The van der Waals surface area contributed by atoms with Crippen LogP contribution in [-0.2, 0) is 16.0 Å². The number of rotatable bonds is 7. The Kier molecular flexibility index (Phi) is 5.89. The summed E-state index contributed by atoms with van der Waals surface area (Å²) in [5, 5.41) is 2.71. The van der Waals surface area contributed by atoms with Crippen molar-refractivity contribution in [3.8, 4) is 0 Å². The van der Waals surface area contributed by atoms with Crippen molar-refractivity contribution in [2.45, 2.75) is 20.3 Å². The van der Waals surface area contributed by atoms with Crippen molar-refractivity contribution in [2.24, 2.45) is 0 Å². The zero-order valence-electron chi connectivity index (χ0n) is 13.7. The molecule has 0 saturated heterocycles. The summed E-state index contributed by atoms with van der Waals surface area (Å²) in [7, 11) is 0. The van der Waals surface area contributed by atoms with E-state index in [2.05, 4.69) is 10.3 Å². The van der Waals surface area contributed by atoms with Crippen LogP contribution in [-0.4, -0.2) is 35.8 Å².